The van der Waals surface area contributed by atoms with Crippen LogP contribution in [0.15, 0.2) is 24.4 Å². The van der Waals surface area contributed by atoms with Crippen LogP contribution in [0.4, 0.5) is 4.39 Å². The molecule has 0 saturated carbocycles. The van der Waals surface area contributed by atoms with E-state index in [2.05, 4.69) is 11.2 Å². The largest absolute Gasteiger partial charge is 0.394 e. The van der Waals surface area contributed by atoms with Crippen LogP contribution >= 0.6 is 11.6 Å². The Kier molecular flexibility index (Phi) is 3.40. The van der Waals surface area contributed by atoms with Crippen LogP contribution in [0.1, 0.15) is 0 Å². The van der Waals surface area contributed by atoms with Crippen molar-refractivity contribution in [2.24, 2.45) is 0 Å². The number of nitrogens with zero attached hydrogens (tertiary/aromatic N) is 1. The van der Waals surface area contributed by atoms with Crippen molar-refractivity contribution in [2.45, 2.75) is 0 Å². The van der Waals surface area contributed by atoms with Gasteiger partial charge in [0.1, 0.15) is 5.82 Å². The van der Waals surface area contributed by atoms with Crippen molar-refractivity contribution in [3.8, 4) is 0 Å². The Balaban J connectivity index is 0.000000845. The van der Waals surface area contributed by atoms with Crippen molar-refractivity contribution in [1.29, 1.82) is 0 Å². The van der Waals surface area contributed by atoms with Crippen LogP contribution in [0.2, 0.25) is 5.02 Å². The molecule has 1 heterocycles. The van der Waals surface area contributed by atoms with Gasteiger partial charge in [-0.1, -0.05) is 29.4 Å². The number of fused-ring (bicyclic) bond motifs is 1. The summed E-state index contributed by atoms with van der Waals surface area (Å²) in [6, 6.07) is 4.65. The van der Waals surface area contributed by atoms with Crippen LogP contribution in [0.5, 0.6) is 0 Å². The molecule has 0 atom stereocenters. The quantitative estimate of drug-likeness (QED) is 0.645. The van der Waals surface area contributed by atoms with Gasteiger partial charge in [-0.05, 0) is 6.07 Å². The fourth-order valence-corrected chi connectivity index (χ4v) is 1.27. The first-order chi connectivity index (χ1) is 5.79. The minimum Gasteiger partial charge on any atom is -0.394 e. The molecule has 1 aromatic carbocycles. The van der Waals surface area contributed by atoms with Gasteiger partial charge in [-0.25, -0.2) is 4.39 Å². The van der Waals surface area contributed by atoms with E-state index in [9.17, 15) is 4.39 Å². The van der Waals surface area contributed by atoms with Gasteiger partial charge in [0.15, 0.2) is 0 Å². The summed E-state index contributed by atoms with van der Waals surface area (Å²) in [4.78, 5) is 3.74. The van der Waals surface area contributed by atoms with Crippen molar-refractivity contribution >= 4 is 22.4 Å². The summed E-state index contributed by atoms with van der Waals surface area (Å²) in [6.07, 6.45) is 4.15. The summed E-state index contributed by atoms with van der Waals surface area (Å²) in [5, 5.41) is 1.58. The van der Waals surface area contributed by atoms with E-state index in [1.54, 1.807) is 12.1 Å². The van der Waals surface area contributed by atoms with Crippen molar-refractivity contribution in [2.75, 3.05) is 0 Å². The summed E-state index contributed by atoms with van der Waals surface area (Å²) in [7, 11) is 0. The Morgan fingerprint density at radius 1 is 1.38 bits per heavy atom. The van der Waals surface area contributed by atoms with Gasteiger partial charge < -0.3 is 4.98 Å². The first-order valence-corrected chi connectivity index (χ1v) is 3.76. The van der Waals surface area contributed by atoms with E-state index in [0.29, 0.717) is 5.39 Å². The van der Waals surface area contributed by atoms with Gasteiger partial charge >= 0.3 is 0 Å². The Morgan fingerprint density at radius 2 is 2.15 bits per heavy atom. The molecule has 13 heavy (non-hydrogen) atoms. The van der Waals surface area contributed by atoms with E-state index in [0.717, 1.165) is 5.39 Å². The number of aromatic nitrogens is 1. The zero-order valence-corrected chi connectivity index (χ0v) is 9.36. The third-order valence-corrected chi connectivity index (χ3v) is 2.04. The second kappa shape index (κ2) is 4.17. The molecule has 1 aromatic heterocycles. The molecule has 0 spiro atoms. The summed E-state index contributed by atoms with van der Waals surface area (Å²) < 4.78 is 12.9. The molecule has 2 rings (SSSR count). The average molecular weight is 376 g/mol. The first-order valence-electron chi connectivity index (χ1n) is 3.39. The second-order valence-corrected chi connectivity index (χ2v) is 2.77. The van der Waals surface area contributed by atoms with Gasteiger partial charge in [0.2, 0.25) is 0 Å². The van der Waals surface area contributed by atoms with E-state index in [1.807, 2.05) is 0 Å². The van der Waals surface area contributed by atoms with E-state index < -0.39 is 5.82 Å². The van der Waals surface area contributed by atoms with E-state index >= 15 is 0 Å². The maximum Gasteiger partial charge on any atom is 0.139 e. The van der Waals surface area contributed by atoms with E-state index in [4.69, 9.17) is 11.6 Å². The van der Waals surface area contributed by atoms with Gasteiger partial charge in [-0.15, -0.1) is 11.5 Å². The number of halogens is 2. The van der Waals surface area contributed by atoms with Gasteiger partial charge in [0.05, 0.1) is 5.02 Å². The molecule has 0 unspecified atom stereocenters. The molecular formula is C9H4ClFNPt-. The standard InChI is InChI=1S/C9H4ClFN.Pt/c10-9-7-5-12-4-3-6(7)1-2-8(9)11;/h1-3,5H;/q-1;. The van der Waals surface area contributed by atoms with Crippen molar-refractivity contribution in [3.05, 3.63) is 41.4 Å². The molecule has 0 N–H and O–H groups in total. The number of benzene rings is 1. The summed E-state index contributed by atoms with van der Waals surface area (Å²) >= 11 is 5.70. The Hall–Kier alpha value is -0.462. The van der Waals surface area contributed by atoms with Crippen LogP contribution < -0.4 is 0 Å². The minimum absolute atomic E-state index is 0. The van der Waals surface area contributed by atoms with Crippen molar-refractivity contribution in [1.82, 2.24) is 4.98 Å². The van der Waals surface area contributed by atoms with E-state index in [1.165, 1.54) is 12.3 Å². The Labute approximate surface area is 94.2 Å². The zero-order chi connectivity index (χ0) is 8.55. The minimum atomic E-state index is -0.419. The van der Waals surface area contributed by atoms with Gasteiger partial charge in [-0.3, -0.25) is 0 Å². The molecule has 0 radical (unpaired) electrons. The fourth-order valence-electron chi connectivity index (χ4n) is 1.05. The van der Waals surface area contributed by atoms with Gasteiger partial charge in [0, 0.05) is 21.1 Å². The van der Waals surface area contributed by atoms with E-state index in [-0.39, 0.29) is 26.1 Å². The maximum absolute atomic E-state index is 12.9. The second-order valence-electron chi connectivity index (χ2n) is 2.40. The monoisotopic (exact) mass is 375 g/mol. The number of hydrogen-bond donors (Lipinski definition) is 0. The number of rotatable bonds is 0. The van der Waals surface area contributed by atoms with Crippen LogP contribution in [0, 0.1) is 12.0 Å². The van der Waals surface area contributed by atoms with Crippen LogP contribution in [0.25, 0.3) is 10.8 Å². The molecule has 70 valence electrons. The number of pyridine rings is 1. The van der Waals surface area contributed by atoms with Gasteiger partial charge in [-0.2, -0.15) is 6.07 Å². The third-order valence-electron chi connectivity index (χ3n) is 1.65. The molecule has 0 aliphatic rings. The van der Waals surface area contributed by atoms with Crippen LogP contribution in [0.3, 0.4) is 0 Å². The molecule has 0 aliphatic heterocycles. The molecule has 0 aliphatic carbocycles. The summed E-state index contributed by atoms with van der Waals surface area (Å²) in [6.45, 7) is 0. The molecular weight excluding hydrogens is 372 g/mol. The fraction of sp³-hybridized carbons (Fsp3) is 0. The zero-order valence-electron chi connectivity index (χ0n) is 6.33. The Bertz CT molecular complexity index is 433. The third kappa shape index (κ3) is 1.89. The first kappa shape index (κ1) is 10.6. The average Bonchev–Trinajstić information content (AvgIpc) is 2.12. The van der Waals surface area contributed by atoms with Crippen molar-refractivity contribution < 1.29 is 25.5 Å². The van der Waals surface area contributed by atoms with Crippen LogP contribution in [-0.4, -0.2) is 4.98 Å². The SMILES string of the molecule is Fc1ccc2c[c-]ncc2c1Cl.[Pt]. The number of hydrogen-bond acceptors (Lipinski definition) is 1. The molecule has 1 nitrogen and oxygen atoms in total. The predicted octanol–water partition coefficient (Wildman–Crippen LogP) is 2.82. The molecule has 0 saturated heterocycles. The summed E-state index contributed by atoms with van der Waals surface area (Å²) in [5.41, 5.74) is 0. The van der Waals surface area contributed by atoms with Crippen LogP contribution in [-0.2, 0) is 21.1 Å². The van der Waals surface area contributed by atoms with Gasteiger partial charge in [0.25, 0.3) is 0 Å². The predicted molar refractivity (Wildman–Crippen MR) is 45.5 cm³/mol. The topological polar surface area (TPSA) is 12.9 Å². The molecule has 2 aromatic rings. The summed E-state index contributed by atoms with van der Waals surface area (Å²) in [5.74, 6) is -0.419. The normalized spacial score (nSPS) is 9.69. The molecule has 4 heteroatoms. The molecule has 0 bridgehead atoms. The smallest absolute Gasteiger partial charge is 0.139 e. The molecule has 0 amide bonds. The maximum atomic E-state index is 12.9. The molecule has 0 fully saturated rings. The Morgan fingerprint density at radius 3 is 2.92 bits per heavy atom. The van der Waals surface area contributed by atoms with Crippen molar-refractivity contribution in [3.63, 3.8) is 0 Å².